The average Bonchev–Trinajstić information content (AvgIpc) is 3.02. The Bertz CT molecular complexity index is 936. The van der Waals surface area contributed by atoms with E-state index in [1.807, 2.05) is 12.1 Å². The molecule has 0 radical (unpaired) electrons. The summed E-state index contributed by atoms with van der Waals surface area (Å²) in [7, 11) is -4.44. The van der Waals surface area contributed by atoms with E-state index >= 15 is 0 Å². The van der Waals surface area contributed by atoms with Crippen LogP contribution >= 0.6 is 7.82 Å². The van der Waals surface area contributed by atoms with Crippen LogP contribution in [0.2, 0.25) is 0 Å². The van der Waals surface area contributed by atoms with Crippen LogP contribution < -0.4 is 4.74 Å². The summed E-state index contributed by atoms with van der Waals surface area (Å²) >= 11 is 0. The van der Waals surface area contributed by atoms with E-state index in [2.05, 4.69) is 51.3 Å². The van der Waals surface area contributed by atoms with Gasteiger partial charge in [0.05, 0.1) is 126 Å². The molecule has 0 aliphatic rings. The normalized spacial score (nSPS) is 12.6. The van der Waals surface area contributed by atoms with Gasteiger partial charge in [-0.25, -0.2) is 4.57 Å². The molecule has 0 fully saturated rings. The van der Waals surface area contributed by atoms with Crippen LogP contribution in [0.5, 0.6) is 5.75 Å². The maximum Gasteiger partial charge on any atom is 0.469 e. The molecule has 0 amide bonds. The van der Waals surface area contributed by atoms with Gasteiger partial charge in [0, 0.05) is 0 Å². The first kappa shape index (κ1) is 45.8. The molecule has 0 aliphatic heterocycles. The number of phosphoric ester groups is 1. The monoisotopic (exact) mass is 726 g/mol. The second-order valence-corrected chi connectivity index (χ2v) is 14.1. The molecular formula is C34H63O14P. The van der Waals surface area contributed by atoms with E-state index in [0.717, 1.165) is 12.2 Å². The minimum Gasteiger partial charge on any atom is -0.491 e. The second-order valence-electron chi connectivity index (χ2n) is 12.8. The topological polar surface area (TPSA) is 159 Å². The van der Waals surface area contributed by atoms with Gasteiger partial charge in [-0.1, -0.05) is 46.8 Å². The molecule has 1 aromatic carbocycles. The summed E-state index contributed by atoms with van der Waals surface area (Å²) < 4.78 is 69.4. The Morgan fingerprint density at radius 1 is 0.469 bits per heavy atom. The Morgan fingerprint density at radius 3 is 1.04 bits per heavy atom. The van der Waals surface area contributed by atoms with E-state index in [-0.39, 0.29) is 24.0 Å². The molecular weight excluding hydrogens is 663 g/mol. The van der Waals surface area contributed by atoms with Crippen LogP contribution in [0.1, 0.15) is 46.6 Å². The smallest absolute Gasteiger partial charge is 0.469 e. The molecule has 0 aromatic heterocycles. The van der Waals surface area contributed by atoms with E-state index in [1.165, 1.54) is 5.56 Å². The van der Waals surface area contributed by atoms with Gasteiger partial charge in [-0.05, 0) is 34.9 Å². The summed E-state index contributed by atoms with van der Waals surface area (Å²) in [5.74, 6) is 0.852. The first-order valence-electron chi connectivity index (χ1n) is 17.0. The van der Waals surface area contributed by atoms with Gasteiger partial charge in [0.25, 0.3) is 0 Å². The summed E-state index contributed by atoms with van der Waals surface area (Å²) in [5.41, 5.74) is 1.71. The van der Waals surface area contributed by atoms with E-state index in [9.17, 15) is 4.57 Å². The van der Waals surface area contributed by atoms with Crippen molar-refractivity contribution in [2.24, 2.45) is 5.41 Å². The molecule has 0 saturated heterocycles. The number of ether oxygens (including phenoxy) is 10. The Labute approximate surface area is 293 Å². The zero-order valence-electron chi connectivity index (χ0n) is 30.4. The van der Waals surface area contributed by atoms with Crippen molar-refractivity contribution in [3.05, 3.63) is 29.8 Å². The van der Waals surface area contributed by atoms with Crippen LogP contribution in [0, 0.1) is 5.41 Å². The maximum atomic E-state index is 10.5. The highest BCUT2D eigenvalue weighted by Crippen LogP contribution is 2.37. The van der Waals surface area contributed by atoms with Gasteiger partial charge in [-0.15, -0.1) is 0 Å². The van der Waals surface area contributed by atoms with Gasteiger partial charge in [0.1, 0.15) is 12.4 Å². The van der Waals surface area contributed by atoms with Crippen molar-refractivity contribution in [1.82, 2.24) is 0 Å². The summed E-state index contributed by atoms with van der Waals surface area (Å²) in [4.78, 5) is 17.1. The van der Waals surface area contributed by atoms with Crippen molar-refractivity contribution >= 4 is 7.82 Å². The molecule has 14 nitrogen and oxygen atoms in total. The van der Waals surface area contributed by atoms with Gasteiger partial charge in [-0.2, -0.15) is 0 Å². The van der Waals surface area contributed by atoms with Crippen molar-refractivity contribution in [2.45, 2.75) is 46.5 Å². The van der Waals surface area contributed by atoms with Crippen LogP contribution in [0.3, 0.4) is 0 Å². The largest absolute Gasteiger partial charge is 0.491 e. The third kappa shape index (κ3) is 30.1. The van der Waals surface area contributed by atoms with Crippen LogP contribution in [-0.2, 0) is 57.1 Å². The van der Waals surface area contributed by atoms with E-state index in [4.69, 9.17) is 57.2 Å². The lowest BCUT2D eigenvalue weighted by molar-refractivity contribution is -0.0258. The lowest BCUT2D eigenvalue weighted by Crippen LogP contribution is -2.24. The molecule has 2 N–H and O–H groups in total. The van der Waals surface area contributed by atoms with Crippen molar-refractivity contribution in [3.63, 3.8) is 0 Å². The number of rotatable bonds is 34. The second kappa shape index (κ2) is 28.4. The maximum absolute atomic E-state index is 10.5. The molecule has 15 heteroatoms. The van der Waals surface area contributed by atoms with Crippen LogP contribution in [0.25, 0.3) is 0 Å². The van der Waals surface area contributed by atoms with Crippen molar-refractivity contribution in [1.29, 1.82) is 0 Å². The highest BCUT2D eigenvalue weighted by molar-refractivity contribution is 7.46. The molecule has 49 heavy (non-hydrogen) atoms. The SMILES string of the molecule is CC(C)(C)CC(C)(C)c1ccc(OCCOCCOCCOCCOCCOCCOCCOCCOCCOCCOP(=O)(O)O)cc1. The Kier molecular flexibility index (Phi) is 26.5. The van der Waals surface area contributed by atoms with Crippen molar-refractivity contribution in [2.75, 3.05) is 132 Å². The molecule has 0 spiro atoms. The molecule has 0 unspecified atom stereocenters. The third-order valence-corrected chi connectivity index (χ3v) is 7.09. The molecule has 0 saturated carbocycles. The highest BCUT2D eigenvalue weighted by atomic mass is 31.2. The lowest BCUT2D eigenvalue weighted by atomic mass is 9.72. The van der Waals surface area contributed by atoms with E-state index < -0.39 is 7.82 Å². The summed E-state index contributed by atoms with van der Waals surface area (Å²) in [6.07, 6.45) is 1.11. The van der Waals surface area contributed by atoms with Crippen LogP contribution in [0.4, 0.5) is 0 Å². The number of hydrogen-bond donors (Lipinski definition) is 2. The fraction of sp³-hybridized carbons (Fsp3) is 0.824. The Balaban J connectivity index is 1.75. The Morgan fingerprint density at radius 2 is 0.755 bits per heavy atom. The first-order valence-corrected chi connectivity index (χ1v) is 18.6. The summed E-state index contributed by atoms with van der Waals surface area (Å²) in [6, 6.07) is 8.39. The molecule has 0 heterocycles. The quantitative estimate of drug-likeness (QED) is 0.0774. The summed E-state index contributed by atoms with van der Waals surface area (Å²) in [6.45, 7) is 19.6. The zero-order valence-corrected chi connectivity index (χ0v) is 31.3. The number of hydrogen-bond acceptors (Lipinski definition) is 12. The van der Waals surface area contributed by atoms with Crippen molar-refractivity contribution < 1.29 is 66.2 Å². The minimum atomic E-state index is -4.44. The molecule has 0 aliphatic carbocycles. The molecule has 1 rings (SSSR count). The summed E-state index contributed by atoms with van der Waals surface area (Å²) in [5, 5.41) is 0. The average molecular weight is 727 g/mol. The van der Waals surface area contributed by atoms with Crippen LogP contribution in [-0.4, -0.2) is 142 Å². The van der Waals surface area contributed by atoms with E-state index in [0.29, 0.717) is 119 Å². The lowest BCUT2D eigenvalue weighted by Gasteiger charge is -2.33. The van der Waals surface area contributed by atoms with Gasteiger partial charge < -0.3 is 57.2 Å². The number of phosphoric acid groups is 1. The number of benzene rings is 1. The molecule has 1 aromatic rings. The predicted octanol–water partition coefficient (Wildman–Crippen LogP) is 4.04. The highest BCUT2D eigenvalue weighted by Gasteiger charge is 2.27. The Hall–Kier alpha value is -1.23. The zero-order chi connectivity index (χ0) is 36.1. The van der Waals surface area contributed by atoms with E-state index in [1.54, 1.807) is 0 Å². The third-order valence-electron chi connectivity index (χ3n) is 6.57. The fourth-order valence-corrected chi connectivity index (χ4v) is 5.04. The fourth-order valence-electron chi connectivity index (χ4n) is 4.73. The first-order chi connectivity index (χ1) is 23.4. The molecule has 0 atom stereocenters. The molecule has 0 bridgehead atoms. The standard InChI is InChI=1S/C34H63O14P/c1-33(2,3)30-34(4,5)31-6-8-32(9-7-31)47-28-26-45-24-22-43-20-18-41-16-14-39-12-10-38-11-13-40-15-17-42-19-21-44-23-25-46-27-29-48-49(35,36)37/h6-9H,10-30H2,1-5H3,(H2,35,36,37). The van der Waals surface area contributed by atoms with Gasteiger partial charge >= 0.3 is 7.82 Å². The van der Waals surface area contributed by atoms with Crippen LogP contribution in [0.15, 0.2) is 24.3 Å². The van der Waals surface area contributed by atoms with Gasteiger partial charge in [0.15, 0.2) is 0 Å². The minimum absolute atomic E-state index is 0.0783. The van der Waals surface area contributed by atoms with Gasteiger partial charge in [-0.3, -0.25) is 4.52 Å². The van der Waals surface area contributed by atoms with Gasteiger partial charge in [0.2, 0.25) is 0 Å². The van der Waals surface area contributed by atoms with Crippen molar-refractivity contribution in [3.8, 4) is 5.75 Å². The molecule has 288 valence electrons. The predicted molar refractivity (Wildman–Crippen MR) is 184 cm³/mol.